The summed E-state index contributed by atoms with van der Waals surface area (Å²) < 4.78 is 0. The number of aryl methyl sites for hydroxylation is 2. The van der Waals surface area contributed by atoms with Gasteiger partial charge in [-0.25, -0.2) is 0 Å². The molecule has 5 nitrogen and oxygen atoms in total. The van der Waals surface area contributed by atoms with Gasteiger partial charge >= 0.3 is 11.9 Å². The van der Waals surface area contributed by atoms with Crippen molar-refractivity contribution in [3.63, 3.8) is 0 Å². The molecule has 0 aliphatic rings. The minimum absolute atomic E-state index is 0.208. The topological polar surface area (TPSA) is 101 Å². The van der Waals surface area contributed by atoms with Crippen molar-refractivity contribution in [1.82, 2.24) is 0 Å². The lowest BCUT2D eigenvalue weighted by Gasteiger charge is -2.17. The molecule has 5 heteroatoms. The summed E-state index contributed by atoms with van der Waals surface area (Å²) in [7, 11) is 0. The number of carbonyl (C=O) groups is 2. The van der Waals surface area contributed by atoms with Gasteiger partial charge in [0.2, 0.25) is 0 Å². The Kier molecular flexibility index (Phi) is 5.27. The van der Waals surface area contributed by atoms with Crippen molar-refractivity contribution in [3.8, 4) is 0 Å². The Labute approximate surface area is 118 Å². The van der Waals surface area contributed by atoms with Crippen LogP contribution < -0.4 is 5.73 Å². The van der Waals surface area contributed by atoms with E-state index >= 15 is 0 Å². The van der Waals surface area contributed by atoms with Gasteiger partial charge < -0.3 is 15.9 Å². The predicted molar refractivity (Wildman–Crippen MR) is 75.7 cm³/mol. The summed E-state index contributed by atoms with van der Waals surface area (Å²) in [6.45, 7) is 5.47. The molecule has 0 fully saturated rings. The standard InChI is InChI=1S/C15H21NO4/c1-8-4-9(2)12(6-10(3)14(17)18)11(5-8)7-13(16)15(19)20/h4-5,10,13H,6-7,16H2,1-3H3,(H,17,18)(H,19,20). The Balaban J connectivity index is 3.13. The van der Waals surface area contributed by atoms with E-state index in [0.29, 0.717) is 6.42 Å². The summed E-state index contributed by atoms with van der Waals surface area (Å²) in [4.78, 5) is 21.9. The van der Waals surface area contributed by atoms with E-state index in [1.165, 1.54) is 0 Å². The minimum Gasteiger partial charge on any atom is -0.481 e. The number of aliphatic carboxylic acids is 2. The Hall–Kier alpha value is -1.88. The molecule has 1 aromatic carbocycles. The summed E-state index contributed by atoms with van der Waals surface area (Å²) in [6, 6.07) is 2.88. The lowest BCUT2D eigenvalue weighted by atomic mass is 9.89. The molecule has 0 aromatic heterocycles. The maximum Gasteiger partial charge on any atom is 0.320 e. The van der Waals surface area contributed by atoms with Crippen LogP contribution in [0.5, 0.6) is 0 Å². The number of hydrogen-bond acceptors (Lipinski definition) is 3. The molecule has 20 heavy (non-hydrogen) atoms. The molecular weight excluding hydrogens is 258 g/mol. The summed E-state index contributed by atoms with van der Waals surface area (Å²) >= 11 is 0. The van der Waals surface area contributed by atoms with Crippen LogP contribution in [-0.4, -0.2) is 28.2 Å². The zero-order valence-electron chi connectivity index (χ0n) is 12.0. The third-order valence-electron chi connectivity index (χ3n) is 3.40. The fraction of sp³-hybridized carbons (Fsp3) is 0.467. The molecule has 4 N–H and O–H groups in total. The molecule has 0 heterocycles. The van der Waals surface area contributed by atoms with Crippen LogP contribution in [0.15, 0.2) is 12.1 Å². The monoisotopic (exact) mass is 279 g/mol. The second-order valence-corrected chi connectivity index (χ2v) is 5.31. The maximum absolute atomic E-state index is 11.0. The number of benzene rings is 1. The van der Waals surface area contributed by atoms with Crippen molar-refractivity contribution in [1.29, 1.82) is 0 Å². The first-order valence-electron chi connectivity index (χ1n) is 6.52. The lowest BCUT2D eigenvalue weighted by Crippen LogP contribution is -2.32. The molecule has 0 aliphatic carbocycles. The van der Waals surface area contributed by atoms with E-state index in [9.17, 15) is 9.59 Å². The van der Waals surface area contributed by atoms with Gasteiger partial charge in [-0.15, -0.1) is 0 Å². The molecule has 0 bridgehead atoms. The Morgan fingerprint density at radius 1 is 1.15 bits per heavy atom. The normalized spacial score (nSPS) is 13.8. The molecule has 0 aliphatic heterocycles. The molecule has 0 amide bonds. The van der Waals surface area contributed by atoms with Crippen LogP contribution in [0.1, 0.15) is 29.2 Å². The number of rotatable bonds is 6. The molecule has 0 spiro atoms. The SMILES string of the molecule is Cc1cc(C)c(CC(C)C(=O)O)c(CC(N)C(=O)O)c1. The quantitative estimate of drug-likeness (QED) is 0.733. The highest BCUT2D eigenvalue weighted by Gasteiger charge is 2.19. The highest BCUT2D eigenvalue weighted by Crippen LogP contribution is 2.22. The highest BCUT2D eigenvalue weighted by atomic mass is 16.4. The van der Waals surface area contributed by atoms with Gasteiger partial charge in [-0.2, -0.15) is 0 Å². The van der Waals surface area contributed by atoms with E-state index in [1.54, 1.807) is 6.92 Å². The number of carboxylic acids is 2. The largest absolute Gasteiger partial charge is 0.481 e. The molecular formula is C15H21NO4. The molecule has 1 aromatic rings. The van der Waals surface area contributed by atoms with E-state index < -0.39 is 23.9 Å². The Bertz CT molecular complexity index is 525. The zero-order valence-corrected chi connectivity index (χ0v) is 12.0. The Morgan fingerprint density at radius 3 is 2.25 bits per heavy atom. The molecule has 110 valence electrons. The molecule has 0 saturated carbocycles. The maximum atomic E-state index is 11.0. The van der Waals surface area contributed by atoms with Crippen LogP contribution in [0.25, 0.3) is 0 Å². The number of carboxylic acid groups (broad SMARTS) is 2. The van der Waals surface area contributed by atoms with Gasteiger partial charge in [0.15, 0.2) is 0 Å². The summed E-state index contributed by atoms with van der Waals surface area (Å²) in [5.41, 5.74) is 9.30. The molecule has 1 rings (SSSR count). The third-order valence-corrected chi connectivity index (χ3v) is 3.40. The summed E-state index contributed by atoms with van der Waals surface area (Å²) in [6.07, 6.45) is 0.586. The van der Waals surface area contributed by atoms with Crippen LogP contribution in [-0.2, 0) is 22.4 Å². The summed E-state index contributed by atoms with van der Waals surface area (Å²) in [5, 5.41) is 18.0. The molecule has 2 unspecified atom stereocenters. The fourth-order valence-corrected chi connectivity index (χ4v) is 2.28. The van der Waals surface area contributed by atoms with Crippen molar-refractivity contribution in [2.24, 2.45) is 11.7 Å². The van der Waals surface area contributed by atoms with E-state index in [1.807, 2.05) is 26.0 Å². The van der Waals surface area contributed by atoms with Gasteiger partial charge in [0.05, 0.1) is 5.92 Å². The second kappa shape index (κ2) is 6.52. The Morgan fingerprint density at radius 2 is 1.75 bits per heavy atom. The van der Waals surface area contributed by atoms with Gasteiger partial charge in [-0.3, -0.25) is 9.59 Å². The molecule has 2 atom stereocenters. The van der Waals surface area contributed by atoms with Crippen molar-refractivity contribution in [2.45, 2.75) is 39.7 Å². The van der Waals surface area contributed by atoms with E-state index in [0.717, 1.165) is 22.3 Å². The first kappa shape index (κ1) is 16.2. The average Bonchev–Trinajstić information content (AvgIpc) is 2.32. The summed E-state index contributed by atoms with van der Waals surface area (Å²) in [5.74, 6) is -2.43. The zero-order chi connectivity index (χ0) is 15.4. The van der Waals surface area contributed by atoms with Crippen molar-refractivity contribution in [2.75, 3.05) is 0 Å². The highest BCUT2D eigenvalue weighted by molar-refractivity contribution is 5.74. The lowest BCUT2D eigenvalue weighted by molar-refractivity contribution is -0.141. The van der Waals surface area contributed by atoms with Crippen molar-refractivity contribution in [3.05, 3.63) is 34.4 Å². The number of hydrogen-bond donors (Lipinski definition) is 3. The van der Waals surface area contributed by atoms with Gasteiger partial charge in [0.25, 0.3) is 0 Å². The van der Waals surface area contributed by atoms with Crippen molar-refractivity contribution >= 4 is 11.9 Å². The second-order valence-electron chi connectivity index (χ2n) is 5.31. The number of nitrogens with two attached hydrogens (primary N) is 1. The molecule has 0 saturated heterocycles. The van der Waals surface area contributed by atoms with Crippen LogP contribution in [0.2, 0.25) is 0 Å². The van der Waals surface area contributed by atoms with E-state index in [4.69, 9.17) is 15.9 Å². The first-order chi connectivity index (χ1) is 9.22. The molecule has 0 radical (unpaired) electrons. The minimum atomic E-state index is -1.05. The van der Waals surface area contributed by atoms with Crippen LogP contribution in [0, 0.1) is 19.8 Å². The van der Waals surface area contributed by atoms with Crippen LogP contribution in [0.4, 0.5) is 0 Å². The van der Waals surface area contributed by atoms with Gasteiger partial charge in [0, 0.05) is 0 Å². The smallest absolute Gasteiger partial charge is 0.320 e. The fourth-order valence-electron chi connectivity index (χ4n) is 2.28. The van der Waals surface area contributed by atoms with Gasteiger partial charge in [0.1, 0.15) is 6.04 Å². The van der Waals surface area contributed by atoms with E-state index in [2.05, 4.69) is 0 Å². The van der Waals surface area contributed by atoms with Gasteiger partial charge in [-0.1, -0.05) is 24.6 Å². The average molecular weight is 279 g/mol. The van der Waals surface area contributed by atoms with E-state index in [-0.39, 0.29) is 6.42 Å². The van der Waals surface area contributed by atoms with Crippen LogP contribution >= 0.6 is 0 Å². The third kappa shape index (κ3) is 4.06. The predicted octanol–water partition coefficient (Wildman–Crippen LogP) is 1.52. The van der Waals surface area contributed by atoms with Crippen LogP contribution in [0.3, 0.4) is 0 Å². The van der Waals surface area contributed by atoms with Gasteiger partial charge in [-0.05, 0) is 43.4 Å². The van der Waals surface area contributed by atoms with Crippen molar-refractivity contribution < 1.29 is 19.8 Å². The first-order valence-corrected chi connectivity index (χ1v) is 6.52.